The van der Waals surface area contributed by atoms with Crippen LogP contribution in [0.2, 0.25) is 0 Å². The Balaban J connectivity index is 1.52. The van der Waals surface area contributed by atoms with Crippen molar-refractivity contribution in [2.24, 2.45) is 5.10 Å². The molecule has 4 rings (SSSR count). The maximum Gasteiger partial charge on any atom is 0.250 e. The molecular weight excluding hydrogens is 422 g/mol. The van der Waals surface area contributed by atoms with Gasteiger partial charge in [0.05, 0.1) is 12.0 Å². The Bertz CT molecular complexity index is 1240. The van der Waals surface area contributed by atoms with Gasteiger partial charge >= 0.3 is 0 Å². The second-order valence-electron chi connectivity index (χ2n) is 7.37. The standard InChI is InChI=1S/C24H23N5O2S/c1-16-4-9-19(10-5-16)23-27-28-24(29(23)20-11-6-17(2)7-12-20)32-15-22(30)26-25-14-21-13-8-18(3)31-21/h4-14H,15H2,1-3H3,(H,26,30)/b25-14-. The highest BCUT2D eigenvalue weighted by molar-refractivity contribution is 7.99. The molecule has 2 aromatic heterocycles. The summed E-state index contributed by atoms with van der Waals surface area (Å²) in [5.74, 6) is 1.99. The number of benzene rings is 2. The van der Waals surface area contributed by atoms with Crippen molar-refractivity contribution in [3.8, 4) is 17.1 Å². The van der Waals surface area contributed by atoms with Gasteiger partial charge in [0, 0.05) is 11.3 Å². The van der Waals surface area contributed by atoms with Crippen molar-refractivity contribution in [3.05, 3.63) is 83.3 Å². The van der Waals surface area contributed by atoms with Crippen LogP contribution in [0.3, 0.4) is 0 Å². The number of furan rings is 1. The van der Waals surface area contributed by atoms with E-state index in [0.717, 1.165) is 28.4 Å². The SMILES string of the molecule is Cc1ccc(-c2nnc(SCC(=O)N/N=C\c3ccc(C)o3)n2-c2ccc(C)cc2)cc1. The Hall–Kier alpha value is -3.65. The molecule has 162 valence electrons. The molecule has 1 amide bonds. The minimum absolute atomic E-state index is 0.145. The largest absolute Gasteiger partial charge is 0.460 e. The number of aryl methyl sites for hydroxylation is 3. The Morgan fingerprint density at radius 2 is 1.69 bits per heavy atom. The van der Waals surface area contributed by atoms with Crippen LogP contribution in [0.5, 0.6) is 0 Å². The number of hydrazone groups is 1. The summed E-state index contributed by atoms with van der Waals surface area (Å²) in [5.41, 5.74) is 6.74. The van der Waals surface area contributed by atoms with Crippen LogP contribution in [-0.2, 0) is 4.79 Å². The molecular formula is C24H23N5O2S. The molecule has 0 unspecified atom stereocenters. The van der Waals surface area contributed by atoms with Gasteiger partial charge in [0.2, 0.25) is 0 Å². The molecule has 0 aliphatic carbocycles. The molecule has 2 aromatic carbocycles. The second kappa shape index (κ2) is 9.65. The van der Waals surface area contributed by atoms with Crippen molar-refractivity contribution in [3.63, 3.8) is 0 Å². The van der Waals surface area contributed by atoms with Gasteiger partial charge in [-0.05, 0) is 45.0 Å². The summed E-state index contributed by atoms with van der Waals surface area (Å²) >= 11 is 1.30. The van der Waals surface area contributed by atoms with E-state index in [4.69, 9.17) is 4.42 Å². The van der Waals surface area contributed by atoms with E-state index in [-0.39, 0.29) is 11.7 Å². The summed E-state index contributed by atoms with van der Waals surface area (Å²) in [6.07, 6.45) is 1.47. The summed E-state index contributed by atoms with van der Waals surface area (Å²) in [6.45, 7) is 5.94. The quantitative estimate of drug-likeness (QED) is 0.253. The van der Waals surface area contributed by atoms with Crippen LogP contribution in [0, 0.1) is 20.8 Å². The Labute approximate surface area is 190 Å². The zero-order valence-corrected chi connectivity index (χ0v) is 18.9. The van der Waals surface area contributed by atoms with Crippen LogP contribution >= 0.6 is 11.8 Å². The molecule has 0 aliphatic rings. The average molecular weight is 446 g/mol. The highest BCUT2D eigenvalue weighted by Crippen LogP contribution is 2.28. The number of thioether (sulfide) groups is 1. The molecule has 0 spiro atoms. The van der Waals surface area contributed by atoms with E-state index in [1.807, 2.05) is 79.9 Å². The van der Waals surface area contributed by atoms with Gasteiger partial charge in [-0.15, -0.1) is 10.2 Å². The van der Waals surface area contributed by atoms with Crippen molar-refractivity contribution in [1.29, 1.82) is 0 Å². The fourth-order valence-corrected chi connectivity index (χ4v) is 3.78. The van der Waals surface area contributed by atoms with Gasteiger partial charge < -0.3 is 4.42 Å². The minimum Gasteiger partial charge on any atom is -0.460 e. The lowest BCUT2D eigenvalue weighted by molar-refractivity contribution is -0.118. The first-order valence-electron chi connectivity index (χ1n) is 10.1. The number of carbonyl (C=O) groups excluding carboxylic acids is 1. The topological polar surface area (TPSA) is 85.3 Å². The molecule has 0 saturated carbocycles. The predicted octanol–water partition coefficient (Wildman–Crippen LogP) is 4.69. The fourth-order valence-electron chi connectivity index (χ4n) is 3.03. The van der Waals surface area contributed by atoms with E-state index in [1.54, 1.807) is 6.07 Å². The maximum atomic E-state index is 12.3. The van der Waals surface area contributed by atoms with E-state index >= 15 is 0 Å². The number of hydrogen-bond donors (Lipinski definition) is 1. The number of amides is 1. The monoisotopic (exact) mass is 445 g/mol. The third kappa shape index (κ3) is 5.15. The van der Waals surface area contributed by atoms with Gasteiger partial charge in [-0.3, -0.25) is 9.36 Å². The summed E-state index contributed by atoms with van der Waals surface area (Å²) < 4.78 is 7.36. The molecule has 8 heteroatoms. The van der Waals surface area contributed by atoms with Crippen LogP contribution in [0.1, 0.15) is 22.6 Å². The summed E-state index contributed by atoms with van der Waals surface area (Å²) in [5, 5.41) is 13.3. The van der Waals surface area contributed by atoms with Crippen LogP contribution in [0.25, 0.3) is 17.1 Å². The number of carbonyl (C=O) groups is 1. The van der Waals surface area contributed by atoms with E-state index < -0.39 is 0 Å². The normalized spacial score (nSPS) is 11.2. The number of nitrogens with one attached hydrogen (secondary N) is 1. The lowest BCUT2D eigenvalue weighted by atomic mass is 10.1. The average Bonchev–Trinajstić information content (AvgIpc) is 3.39. The number of nitrogens with zero attached hydrogens (tertiary/aromatic N) is 4. The molecule has 0 fully saturated rings. The maximum absolute atomic E-state index is 12.3. The van der Waals surface area contributed by atoms with E-state index in [2.05, 4.69) is 20.7 Å². The Morgan fingerprint density at radius 1 is 1.00 bits per heavy atom. The smallest absolute Gasteiger partial charge is 0.250 e. The third-order valence-electron chi connectivity index (χ3n) is 4.71. The van der Waals surface area contributed by atoms with Crippen LogP contribution in [-0.4, -0.2) is 32.6 Å². The van der Waals surface area contributed by atoms with Gasteiger partial charge in [-0.1, -0.05) is 59.3 Å². The van der Waals surface area contributed by atoms with Gasteiger partial charge in [0.25, 0.3) is 5.91 Å². The van der Waals surface area contributed by atoms with Crippen molar-refractivity contribution in [2.75, 3.05) is 5.75 Å². The van der Waals surface area contributed by atoms with Crippen molar-refractivity contribution in [1.82, 2.24) is 20.2 Å². The zero-order chi connectivity index (χ0) is 22.5. The first-order chi connectivity index (χ1) is 15.5. The number of hydrogen-bond acceptors (Lipinski definition) is 6. The first-order valence-corrected chi connectivity index (χ1v) is 11.1. The highest BCUT2D eigenvalue weighted by atomic mass is 32.2. The minimum atomic E-state index is -0.245. The molecule has 0 saturated heterocycles. The lowest BCUT2D eigenvalue weighted by Gasteiger charge is -2.11. The van der Waals surface area contributed by atoms with E-state index in [0.29, 0.717) is 10.9 Å². The van der Waals surface area contributed by atoms with Gasteiger partial charge in [0.15, 0.2) is 11.0 Å². The van der Waals surface area contributed by atoms with Crippen molar-refractivity contribution in [2.45, 2.75) is 25.9 Å². The van der Waals surface area contributed by atoms with Crippen LogP contribution < -0.4 is 5.43 Å². The van der Waals surface area contributed by atoms with Gasteiger partial charge in [-0.25, -0.2) is 5.43 Å². The van der Waals surface area contributed by atoms with Crippen LogP contribution in [0.4, 0.5) is 0 Å². The lowest BCUT2D eigenvalue weighted by Crippen LogP contribution is -2.19. The third-order valence-corrected chi connectivity index (χ3v) is 5.64. The predicted molar refractivity (Wildman–Crippen MR) is 126 cm³/mol. The van der Waals surface area contributed by atoms with Crippen molar-refractivity contribution < 1.29 is 9.21 Å². The second-order valence-corrected chi connectivity index (χ2v) is 8.32. The van der Waals surface area contributed by atoms with Gasteiger partial charge in [-0.2, -0.15) is 5.10 Å². The molecule has 2 heterocycles. The number of aromatic nitrogens is 3. The molecule has 1 N–H and O–H groups in total. The molecule has 0 atom stereocenters. The van der Waals surface area contributed by atoms with E-state index in [1.165, 1.54) is 23.5 Å². The molecule has 7 nitrogen and oxygen atoms in total. The summed E-state index contributed by atoms with van der Waals surface area (Å²) in [7, 11) is 0. The van der Waals surface area contributed by atoms with Crippen LogP contribution in [0.15, 0.2) is 75.3 Å². The van der Waals surface area contributed by atoms with E-state index in [9.17, 15) is 4.79 Å². The molecule has 4 aromatic rings. The Kier molecular flexibility index (Phi) is 6.51. The Morgan fingerprint density at radius 3 is 2.34 bits per heavy atom. The summed E-state index contributed by atoms with van der Waals surface area (Å²) in [6, 6.07) is 19.9. The fraction of sp³-hybridized carbons (Fsp3) is 0.167. The molecule has 32 heavy (non-hydrogen) atoms. The molecule has 0 bridgehead atoms. The molecule has 0 aliphatic heterocycles. The number of rotatable bonds is 7. The molecule has 0 radical (unpaired) electrons. The first kappa shape index (κ1) is 21.6. The summed E-state index contributed by atoms with van der Waals surface area (Å²) in [4.78, 5) is 12.3. The van der Waals surface area contributed by atoms with Gasteiger partial charge in [0.1, 0.15) is 11.5 Å². The van der Waals surface area contributed by atoms with Crippen molar-refractivity contribution >= 4 is 23.9 Å². The zero-order valence-electron chi connectivity index (χ0n) is 18.1. The highest BCUT2D eigenvalue weighted by Gasteiger charge is 2.17.